The second-order valence-corrected chi connectivity index (χ2v) is 14.9. The smallest absolute Gasteiger partial charge is 0.265 e. The number of fused-ring (bicyclic) bond motifs is 2. The summed E-state index contributed by atoms with van der Waals surface area (Å²) in [6, 6.07) is 19.2. The van der Waals surface area contributed by atoms with Crippen molar-refractivity contribution in [2.45, 2.75) is 50.6 Å². The van der Waals surface area contributed by atoms with Gasteiger partial charge in [0.1, 0.15) is 0 Å². The first-order chi connectivity index (χ1) is 24.5. The lowest BCUT2D eigenvalue weighted by Gasteiger charge is -2.26. The zero-order valence-corrected chi connectivity index (χ0v) is 30.4. The summed E-state index contributed by atoms with van der Waals surface area (Å²) >= 11 is 13.0. The summed E-state index contributed by atoms with van der Waals surface area (Å²) in [5, 5.41) is 15.0. The van der Waals surface area contributed by atoms with Crippen LogP contribution in [0.4, 0.5) is 5.95 Å². The number of carbonyl (C=O) groups excluding carboxylic acids is 2. The first-order valence-corrected chi connectivity index (χ1v) is 19.0. The van der Waals surface area contributed by atoms with E-state index >= 15 is 0 Å². The summed E-state index contributed by atoms with van der Waals surface area (Å²) < 4.78 is 29.1. The van der Waals surface area contributed by atoms with Crippen LogP contribution >= 0.6 is 23.2 Å². The molecule has 1 atom stereocenters. The van der Waals surface area contributed by atoms with Crippen molar-refractivity contribution < 1.29 is 23.1 Å². The second kappa shape index (κ2) is 15.5. The molecular formula is C38H37Cl2N5O5S. The van der Waals surface area contributed by atoms with Crippen LogP contribution in [0.3, 0.4) is 0 Å². The molecular weight excluding hydrogens is 709 g/mol. The van der Waals surface area contributed by atoms with Crippen LogP contribution in [0.1, 0.15) is 64.1 Å². The van der Waals surface area contributed by atoms with Gasteiger partial charge in [-0.05, 0) is 66.1 Å². The van der Waals surface area contributed by atoms with E-state index in [1.54, 1.807) is 42.5 Å². The summed E-state index contributed by atoms with van der Waals surface area (Å²) in [4.78, 5) is 39.5. The van der Waals surface area contributed by atoms with E-state index in [0.717, 1.165) is 29.4 Å². The number of aromatic nitrogens is 2. The van der Waals surface area contributed by atoms with E-state index in [9.17, 15) is 23.1 Å². The van der Waals surface area contributed by atoms with Gasteiger partial charge in [0.05, 0.1) is 28.4 Å². The van der Waals surface area contributed by atoms with Crippen LogP contribution in [0.25, 0.3) is 22.0 Å². The number of hydrogen-bond acceptors (Lipinski definition) is 9. The highest BCUT2D eigenvalue weighted by atomic mass is 35.5. The monoisotopic (exact) mass is 745 g/mol. The van der Waals surface area contributed by atoms with Gasteiger partial charge in [-0.15, -0.1) is 0 Å². The van der Waals surface area contributed by atoms with Gasteiger partial charge in [-0.25, -0.2) is 23.1 Å². The van der Waals surface area contributed by atoms with Gasteiger partial charge in [0.25, 0.3) is 15.9 Å². The van der Waals surface area contributed by atoms with E-state index in [4.69, 9.17) is 28.2 Å². The minimum atomic E-state index is -4.34. The van der Waals surface area contributed by atoms with Crippen LogP contribution in [-0.4, -0.2) is 60.9 Å². The molecule has 0 saturated heterocycles. The molecule has 51 heavy (non-hydrogen) atoms. The molecule has 1 unspecified atom stereocenters. The van der Waals surface area contributed by atoms with Crippen molar-refractivity contribution in [3.63, 3.8) is 0 Å². The summed E-state index contributed by atoms with van der Waals surface area (Å²) in [5.41, 5.74) is 2.80. The minimum Gasteiger partial charge on any atom is -0.395 e. The van der Waals surface area contributed by atoms with E-state index in [0.29, 0.717) is 59.2 Å². The van der Waals surface area contributed by atoms with Crippen LogP contribution in [0.2, 0.25) is 10.0 Å². The number of nitrogens with zero attached hydrogens (tertiary/aromatic N) is 3. The Balaban J connectivity index is 1.44. The van der Waals surface area contributed by atoms with Crippen molar-refractivity contribution in [1.82, 2.24) is 20.0 Å². The quantitative estimate of drug-likeness (QED) is 0.121. The molecule has 4 aromatic carbocycles. The molecule has 0 saturated carbocycles. The number of hydrogen-bond donors (Lipinski definition) is 3. The zero-order chi connectivity index (χ0) is 36.3. The fourth-order valence-electron chi connectivity index (χ4n) is 6.35. The molecule has 5 aromatic rings. The Morgan fingerprint density at radius 1 is 0.961 bits per heavy atom. The lowest BCUT2D eigenvalue weighted by Crippen LogP contribution is -2.39. The average Bonchev–Trinajstić information content (AvgIpc) is 3.14. The largest absolute Gasteiger partial charge is 0.395 e. The topological polar surface area (TPSA) is 142 Å². The number of benzene rings is 4. The number of ketones is 1. The predicted molar refractivity (Wildman–Crippen MR) is 200 cm³/mol. The Hall–Kier alpha value is -4.39. The molecule has 0 fully saturated rings. The van der Waals surface area contributed by atoms with Crippen molar-refractivity contribution in [2.24, 2.45) is 0 Å². The summed E-state index contributed by atoms with van der Waals surface area (Å²) in [7, 11) is -4.34. The molecule has 264 valence electrons. The van der Waals surface area contributed by atoms with Crippen LogP contribution in [0, 0.1) is 0 Å². The van der Waals surface area contributed by atoms with Crippen molar-refractivity contribution in [3.8, 4) is 11.3 Å². The molecule has 0 bridgehead atoms. The Labute approximate surface area is 306 Å². The van der Waals surface area contributed by atoms with Gasteiger partial charge in [-0.1, -0.05) is 79.5 Å². The molecule has 10 nitrogen and oxygen atoms in total. The van der Waals surface area contributed by atoms with E-state index < -0.39 is 21.7 Å². The SMILES string of the molecule is CCCN(CCC)c1ncc(Cl)c(-c2ccc(C(=O)NS(=O)(=O)c3ccc4cccc(Cl)c4c3)cc2C(=O)c2cccc3c2CC(CO)NC3)n1. The summed E-state index contributed by atoms with van der Waals surface area (Å²) in [5.74, 6) is -0.882. The molecule has 1 aliphatic rings. The Bertz CT molecular complexity index is 2240. The highest BCUT2D eigenvalue weighted by Gasteiger charge is 2.28. The molecule has 3 N–H and O–H groups in total. The molecule has 1 aliphatic heterocycles. The minimum absolute atomic E-state index is 0.0619. The van der Waals surface area contributed by atoms with Crippen LogP contribution < -0.4 is 14.9 Å². The van der Waals surface area contributed by atoms with Crippen molar-refractivity contribution in [2.75, 3.05) is 24.6 Å². The highest BCUT2D eigenvalue weighted by Crippen LogP contribution is 2.34. The third-order valence-electron chi connectivity index (χ3n) is 8.89. The maximum atomic E-state index is 14.6. The first kappa shape index (κ1) is 36.4. The molecule has 0 spiro atoms. The van der Waals surface area contributed by atoms with Crippen molar-refractivity contribution >= 4 is 61.6 Å². The highest BCUT2D eigenvalue weighted by molar-refractivity contribution is 7.90. The lowest BCUT2D eigenvalue weighted by molar-refractivity contribution is 0.0981. The maximum Gasteiger partial charge on any atom is 0.265 e. The van der Waals surface area contributed by atoms with Gasteiger partial charge in [-0.3, -0.25) is 9.59 Å². The van der Waals surface area contributed by atoms with Crippen molar-refractivity contribution in [1.29, 1.82) is 0 Å². The van der Waals surface area contributed by atoms with Crippen LogP contribution in [0.15, 0.2) is 83.9 Å². The lowest BCUT2D eigenvalue weighted by atomic mass is 9.86. The second-order valence-electron chi connectivity index (χ2n) is 12.4. The molecule has 0 aliphatic carbocycles. The number of halogens is 2. The molecule has 0 radical (unpaired) electrons. The molecule has 13 heteroatoms. The first-order valence-electron chi connectivity index (χ1n) is 16.7. The Morgan fingerprint density at radius 3 is 2.47 bits per heavy atom. The van der Waals surface area contributed by atoms with Crippen LogP contribution in [-0.2, 0) is 23.0 Å². The van der Waals surface area contributed by atoms with E-state index in [2.05, 4.69) is 28.9 Å². The number of nitrogens with one attached hydrogen (secondary N) is 2. The number of aliphatic hydroxyl groups excluding tert-OH is 1. The summed E-state index contributed by atoms with van der Waals surface area (Å²) in [6.07, 6.45) is 3.65. The fourth-order valence-corrected chi connectivity index (χ4v) is 7.78. The fraction of sp³-hybridized carbons (Fsp3) is 0.263. The van der Waals surface area contributed by atoms with Gasteiger partial charge in [0.2, 0.25) is 5.95 Å². The average molecular weight is 747 g/mol. The Morgan fingerprint density at radius 2 is 1.73 bits per heavy atom. The van der Waals surface area contributed by atoms with E-state index in [1.165, 1.54) is 30.5 Å². The summed E-state index contributed by atoms with van der Waals surface area (Å²) in [6.45, 7) is 5.92. The predicted octanol–water partition coefficient (Wildman–Crippen LogP) is 6.59. The maximum absolute atomic E-state index is 14.6. The van der Waals surface area contributed by atoms with Crippen LogP contribution in [0.5, 0.6) is 0 Å². The number of rotatable bonds is 12. The number of anilines is 1. The number of sulfonamides is 1. The van der Waals surface area contributed by atoms with Crippen molar-refractivity contribution in [3.05, 3.63) is 117 Å². The number of aliphatic hydroxyl groups is 1. The van der Waals surface area contributed by atoms with Gasteiger partial charge >= 0.3 is 0 Å². The van der Waals surface area contributed by atoms with Gasteiger partial charge in [0, 0.05) is 58.3 Å². The normalized spacial score (nSPS) is 14.3. The number of carbonyl (C=O) groups is 2. The van der Waals surface area contributed by atoms with Gasteiger partial charge in [-0.2, -0.15) is 0 Å². The third-order valence-corrected chi connectivity index (χ3v) is 10.8. The number of amides is 1. The molecule has 6 rings (SSSR count). The van der Waals surface area contributed by atoms with Gasteiger partial charge in [0.15, 0.2) is 5.78 Å². The molecule has 2 heterocycles. The van der Waals surface area contributed by atoms with E-state index in [1.807, 2.05) is 11.0 Å². The third kappa shape index (κ3) is 7.63. The van der Waals surface area contributed by atoms with E-state index in [-0.39, 0.29) is 33.7 Å². The van der Waals surface area contributed by atoms with Gasteiger partial charge < -0.3 is 15.3 Å². The standard InChI is InChI=1S/C38H37Cl2N5O5S/c1-3-15-45(16-4-2)38-42-21-34(40)35(43-38)28-14-12-24(17-32(28)36(47)29-9-5-8-25-20-41-26(22-46)18-30(25)29)37(48)44-51(49,50)27-13-11-23-7-6-10-33(39)31(23)19-27/h5-14,17,19,21,26,41,46H,3-4,15-16,18,20,22H2,1-2H3,(H,44,48). The molecule has 1 amide bonds. The Kier molecular flexibility index (Phi) is 11.0. The molecule has 1 aromatic heterocycles. The zero-order valence-electron chi connectivity index (χ0n) is 28.1.